The van der Waals surface area contributed by atoms with Crippen LogP contribution in [-0.4, -0.2) is 5.11 Å². The maximum absolute atomic E-state index is 13.5. The number of anilines is 1. The normalized spacial score (nSPS) is 10.4. The molecule has 2 N–H and O–H groups in total. The lowest BCUT2D eigenvalue weighted by molar-refractivity contribution is 0.475. The summed E-state index contributed by atoms with van der Waals surface area (Å²) in [5, 5.41) is 12.9. The van der Waals surface area contributed by atoms with Crippen LogP contribution in [0.5, 0.6) is 5.75 Å². The van der Waals surface area contributed by atoms with E-state index in [4.69, 9.17) is 23.2 Å². The molecule has 0 aliphatic heterocycles. The van der Waals surface area contributed by atoms with Crippen LogP contribution in [-0.2, 0) is 6.54 Å². The fourth-order valence-electron chi connectivity index (χ4n) is 1.48. The van der Waals surface area contributed by atoms with Crippen LogP contribution in [0.3, 0.4) is 0 Å². The molecule has 0 saturated carbocycles. The Balaban J connectivity index is 2.09. The van der Waals surface area contributed by atoms with Crippen LogP contribution in [0.2, 0.25) is 10.0 Å². The van der Waals surface area contributed by atoms with E-state index in [0.29, 0.717) is 22.8 Å². The Bertz CT molecular complexity index is 575. The maximum Gasteiger partial charge on any atom is 0.134 e. The Morgan fingerprint density at radius 1 is 1.11 bits per heavy atom. The van der Waals surface area contributed by atoms with E-state index in [1.165, 1.54) is 12.1 Å². The molecule has 2 nitrogen and oxygen atoms in total. The van der Waals surface area contributed by atoms with Crippen molar-refractivity contribution in [2.24, 2.45) is 0 Å². The molecule has 0 spiro atoms. The number of aromatic hydroxyl groups is 1. The molecule has 0 fully saturated rings. The molecule has 2 aromatic rings. The number of phenolic OH excluding ortho intramolecular Hbond substituents is 1. The molecule has 0 aromatic heterocycles. The first-order valence-corrected chi connectivity index (χ1v) is 5.98. The molecular weight excluding hydrogens is 276 g/mol. The summed E-state index contributed by atoms with van der Waals surface area (Å²) in [4.78, 5) is 0. The summed E-state index contributed by atoms with van der Waals surface area (Å²) in [5.41, 5.74) is 1.20. The fourth-order valence-corrected chi connectivity index (χ4v) is 1.82. The third-order valence-electron chi connectivity index (χ3n) is 2.45. The van der Waals surface area contributed by atoms with Crippen molar-refractivity contribution >= 4 is 28.9 Å². The fraction of sp³-hybridized carbons (Fsp3) is 0.0769. The van der Waals surface area contributed by atoms with Crippen molar-refractivity contribution in [3.05, 3.63) is 57.8 Å². The van der Waals surface area contributed by atoms with Crippen LogP contribution in [0.4, 0.5) is 10.1 Å². The summed E-state index contributed by atoms with van der Waals surface area (Å²) in [7, 11) is 0. The minimum absolute atomic E-state index is 0.0138. The number of hydrogen-bond acceptors (Lipinski definition) is 2. The zero-order valence-electron chi connectivity index (χ0n) is 9.25. The lowest BCUT2D eigenvalue weighted by atomic mass is 10.2. The molecule has 0 aliphatic rings. The summed E-state index contributed by atoms with van der Waals surface area (Å²) in [6.07, 6.45) is 0. The Kier molecular flexibility index (Phi) is 3.94. The van der Waals surface area contributed by atoms with E-state index in [9.17, 15) is 9.50 Å². The molecule has 0 unspecified atom stereocenters. The second kappa shape index (κ2) is 5.46. The van der Waals surface area contributed by atoms with Gasteiger partial charge in [-0.15, -0.1) is 0 Å². The van der Waals surface area contributed by atoms with Gasteiger partial charge >= 0.3 is 0 Å². The largest absolute Gasteiger partial charge is 0.506 e. The molecule has 0 atom stereocenters. The van der Waals surface area contributed by atoms with Crippen LogP contribution >= 0.6 is 23.2 Å². The van der Waals surface area contributed by atoms with Gasteiger partial charge in [-0.3, -0.25) is 0 Å². The minimum Gasteiger partial charge on any atom is -0.506 e. The van der Waals surface area contributed by atoms with Gasteiger partial charge in [-0.2, -0.15) is 0 Å². The number of rotatable bonds is 3. The molecule has 0 heterocycles. The number of nitrogens with one attached hydrogen (secondary N) is 1. The van der Waals surface area contributed by atoms with Gasteiger partial charge in [0.05, 0.1) is 5.02 Å². The van der Waals surface area contributed by atoms with Gasteiger partial charge in [0, 0.05) is 22.8 Å². The van der Waals surface area contributed by atoms with Gasteiger partial charge in [-0.05, 0) is 30.3 Å². The van der Waals surface area contributed by atoms with Crippen molar-refractivity contribution in [3.63, 3.8) is 0 Å². The highest BCUT2D eigenvalue weighted by atomic mass is 35.5. The molecule has 2 aromatic carbocycles. The molecule has 18 heavy (non-hydrogen) atoms. The molecule has 5 heteroatoms. The van der Waals surface area contributed by atoms with Crippen LogP contribution < -0.4 is 5.32 Å². The van der Waals surface area contributed by atoms with Crippen LogP contribution in [0.15, 0.2) is 36.4 Å². The topological polar surface area (TPSA) is 32.3 Å². The summed E-state index contributed by atoms with van der Waals surface area (Å²) >= 11 is 11.4. The van der Waals surface area contributed by atoms with E-state index in [1.54, 1.807) is 24.3 Å². The highest BCUT2D eigenvalue weighted by Crippen LogP contribution is 2.26. The second-order valence-corrected chi connectivity index (χ2v) is 4.60. The highest BCUT2D eigenvalue weighted by Gasteiger charge is 2.04. The number of benzene rings is 2. The molecule has 0 aliphatic carbocycles. The van der Waals surface area contributed by atoms with Crippen LogP contribution in [0.25, 0.3) is 0 Å². The van der Waals surface area contributed by atoms with Gasteiger partial charge in [-0.1, -0.05) is 29.3 Å². The predicted octanol–water partition coefficient (Wildman–Crippen LogP) is 4.45. The quantitative estimate of drug-likeness (QED) is 0.817. The first-order valence-electron chi connectivity index (χ1n) is 5.22. The second-order valence-electron chi connectivity index (χ2n) is 3.76. The summed E-state index contributed by atoms with van der Waals surface area (Å²) < 4.78 is 13.5. The van der Waals surface area contributed by atoms with E-state index in [1.807, 2.05) is 0 Å². The standard InChI is InChI=1S/C13H10Cl2FNO/c14-9-2-1-8(12(16)5-9)7-17-10-3-4-13(18)11(15)6-10/h1-6,17-18H,7H2. The van der Waals surface area contributed by atoms with Gasteiger partial charge < -0.3 is 10.4 Å². The highest BCUT2D eigenvalue weighted by molar-refractivity contribution is 6.32. The van der Waals surface area contributed by atoms with Crippen LogP contribution in [0.1, 0.15) is 5.56 Å². The van der Waals surface area contributed by atoms with Crippen molar-refractivity contribution < 1.29 is 9.50 Å². The predicted molar refractivity (Wildman–Crippen MR) is 71.9 cm³/mol. The third-order valence-corrected chi connectivity index (χ3v) is 2.98. The smallest absolute Gasteiger partial charge is 0.134 e. The lowest BCUT2D eigenvalue weighted by Crippen LogP contribution is -2.01. The molecule has 0 bridgehead atoms. The van der Waals surface area contributed by atoms with E-state index >= 15 is 0 Å². The zero-order chi connectivity index (χ0) is 13.1. The Labute approximate surface area is 114 Å². The van der Waals surface area contributed by atoms with Gasteiger partial charge in [0.25, 0.3) is 0 Å². The van der Waals surface area contributed by atoms with Crippen molar-refractivity contribution in [2.75, 3.05) is 5.32 Å². The summed E-state index contributed by atoms with van der Waals surface area (Å²) in [5.74, 6) is -0.347. The van der Waals surface area contributed by atoms with Crippen molar-refractivity contribution in [2.45, 2.75) is 6.54 Å². The lowest BCUT2D eigenvalue weighted by Gasteiger charge is -2.08. The average Bonchev–Trinajstić information content (AvgIpc) is 2.32. The summed E-state index contributed by atoms with van der Waals surface area (Å²) in [6.45, 7) is 0.310. The number of phenols is 1. The first-order chi connectivity index (χ1) is 8.56. The molecule has 2 rings (SSSR count). The Hall–Kier alpha value is -1.45. The molecule has 0 saturated heterocycles. The Morgan fingerprint density at radius 2 is 1.89 bits per heavy atom. The van der Waals surface area contributed by atoms with Gasteiger partial charge in [0.1, 0.15) is 11.6 Å². The van der Waals surface area contributed by atoms with Gasteiger partial charge in [0.15, 0.2) is 0 Å². The molecule has 0 radical (unpaired) electrons. The van der Waals surface area contributed by atoms with Gasteiger partial charge in [0.2, 0.25) is 0 Å². The van der Waals surface area contributed by atoms with E-state index in [2.05, 4.69) is 5.32 Å². The van der Waals surface area contributed by atoms with E-state index in [-0.39, 0.29) is 16.6 Å². The number of halogens is 3. The summed E-state index contributed by atoms with van der Waals surface area (Å²) in [6, 6.07) is 9.23. The van der Waals surface area contributed by atoms with Crippen LogP contribution in [0, 0.1) is 5.82 Å². The van der Waals surface area contributed by atoms with E-state index in [0.717, 1.165) is 0 Å². The first kappa shape index (κ1) is 13.0. The number of hydrogen-bond donors (Lipinski definition) is 2. The minimum atomic E-state index is -0.361. The SMILES string of the molecule is Oc1ccc(NCc2ccc(Cl)cc2F)cc1Cl. The maximum atomic E-state index is 13.5. The molecular formula is C13H10Cl2FNO. The van der Waals surface area contributed by atoms with E-state index < -0.39 is 0 Å². The average molecular weight is 286 g/mol. The van der Waals surface area contributed by atoms with Crippen molar-refractivity contribution in [1.82, 2.24) is 0 Å². The van der Waals surface area contributed by atoms with Crippen molar-refractivity contribution in [3.8, 4) is 5.75 Å². The third kappa shape index (κ3) is 3.06. The van der Waals surface area contributed by atoms with Gasteiger partial charge in [-0.25, -0.2) is 4.39 Å². The monoisotopic (exact) mass is 285 g/mol. The van der Waals surface area contributed by atoms with Crippen molar-refractivity contribution in [1.29, 1.82) is 0 Å². The molecule has 0 amide bonds. The zero-order valence-corrected chi connectivity index (χ0v) is 10.8. The molecule has 94 valence electrons. The Morgan fingerprint density at radius 3 is 2.56 bits per heavy atom.